The lowest BCUT2D eigenvalue weighted by atomic mass is 9.87. The summed E-state index contributed by atoms with van der Waals surface area (Å²) in [6.07, 6.45) is 4.57. The molecule has 1 saturated carbocycles. The second-order valence-corrected chi connectivity index (χ2v) is 4.51. The summed E-state index contributed by atoms with van der Waals surface area (Å²) in [5.41, 5.74) is 1.78. The van der Waals surface area contributed by atoms with Gasteiger partial charge in [0, 0.05) is 19.6 Å². The first kappa shape index (κ1) is 11.7. The molecule has 0 aromatic heterocycles. The molecule has 1 rings (SSSR count). The number of hydrogen-bond donors (Lipinski definition) is 0. The predicted molar refractivity (Wildman–Crippen MR) is 58.3 cm³/mol. The molecule has 82 valence electrons. The average molecular weight is 198 g/mol. The summed E-state index contributed by atoms with van der Waals surface area (Å²) < 4.78 is 10.6. The van der Waals surface area contributed by atoms with Gasteiger partial charge in [0.05, 0.1) is 13.2 Å². The Morgan fingerprint density at radius 2 is 1.93 bits per heavy atom. The van der Waals surface area contributed by atoms with Crippen molar-refractivity contribution in [2.24, 2.45) is 11.3 Å². The molecular weight excluding hydrogens is 176 g/mol. The molecule has 1 aliphatic rings. The normalized spacial score (nSPS) is 28.6. The van der Waals surface area contributed by atoms with Crippen molar-refractivity contribution < 1.29 is 9.47 Å². The molecule has 1 fully saturated rings. The summed E-state index contributed by atoms with van der Waals surface area (Å²) in [5, 5.41) is 0. The van der Waals surface area contributed by atoms with Crippen LogP contribution in [0.3, 0.4) is 0 Å². The molecule has 0 spiro atoms. The van der Waals surface area contributed by atoms with Gasteiger partial charge in [-0.15, -0.1) is 0 Å². The maximum absolute atomic E-state index is 5.32. The summed E-state index contributed by atoms with van der Waals surface area (Å²) >= 11 is 0. The molecule has 0 N–H and O–H groups in total. The molecule has 2 nitrogen and oxygen atoms in total. The van der Waals surface area contributed by atoms with Gasteiger partial charge in [0.15, 0.2) is 0 Å². The quantitative estimate of drug-likeness (QED) is 0.646. The van der Waals surface area contributed by atoms with Gasteiger partial charge in [-0.3, -0.25) is 0 Å². The third-order valence-corrected chi connectivity index (χ3v) is 3.22. The van der Waals surface area contributed by atoms with Crippen molar-refractivity contribution in [2.75, 3.05) is 27.4 Å². The third-order valence-electron chi connectivity index (χ3n) is 3.22. The lowest BCUT2D eigenvalue weighted by molar-refractivity contribution is 0.0136. The Bertz CT molecular complexity index is 202. The highest BCUT2D eigenvalue weighted by molar-refractivity contribution is 5.15. The molecule has 1 atom stereocenters. The average Bonchev–Trinajstić information content (AvgIpc) is 2.44. The van der Waals surface area contributed by atoms with Crippen molar-refractivity contribution in [3.8, 4) is 0 Å². The molecular formula is C12H22O2. The Kier molecular flexibility index (Phi) is 4.14. The van der Waals surface area contributed by atoms with E-state index in [1.165, 1.54) is 6.42 Å². The van der Waals surface area contributed by atoms with Gasteiger partial charge in [0.25, 0.3) is 0 Å². The molecule has 14 heavy (non-hydrogen) atoms. The van der Waals surface area contributed by atoms with Gasteiger partial charge in [0.2, 0.25) is 0 Å². The molecule has 2 heteroatoms. The van der Waals surface area contributed by atoms with E-state index in [0.717, 1.165) is 19.6 Å². The predicted octanol–water partition coefficient (Wildman–Crippen LogP) is 2.64. The van der Waals surface area contributed by atoms with Crippen LogP contribution in [-0.2, 0) is 9.47 Å². The first-order valence-electron chi connectivity index (χ1n) is 5.30. The van der Waals surface area contributed by atoms with E-state index < -0.39 is 0 Å². The smallest absolute Gasteiger partial charge is 0.0544 e. The third kappa shape index (κ3) is 2.37. The van der Waals surface area contributed by atoms with E-state index in [1.54, 1.807) is 19.8 Å². The van der Waals surface area contributed by atoms with Crippen molar-refractivity contribution in [1.82, 2.24) is 0 Å². The van der Waals surface area contributed by atoms with Crippen LogP contribution in [0.1, 0.15) is 26.7 Å². The zero-order chi connectivity index (χ0) is 10.6. The molecule has 0 aromatic rings. The second kappa shape index (κ2) is 4.94. The molecule has 0 bridgehead atoms. The number of hydrogen-bond acceptors (Lipinski definition) is 2. The molecule has 1 unspecified atom stereocenters. The Labute approximate surface area is 87.3 Å². The van der Waals surface area contributed by atoms with Gasteiger partial charge in [-0.05, 0) is 25.7 Å². The molecule has 0 saturated heterocycles. The van der Waals surface area contributed by atoms with Gasteiger partial charge in [-0.1, -0.05) is 18.6 Å². The Hall–Kier alpha value is -0.340. The van der Waals surface area contributed by atoms with E-state index in [2.05, 4.69) is 19.9 Å². The van der Waals surface area contributed by atoms with Crippen molar-refractivity contribution >= 4 is 0 Å². The van der Waals surface area contributed by atoms with Crippen LogP contribution in [0.4, 0.5) is 0 Å². The summed E-state index contributed by atoms with van der Waals surface area (Å²) in [4.78, 5) is 0. The van der Waals surface area contributed by atoms with Crippen molar-refractivity contribution in [3.63, 3.8) is 0 Å². The molecule has 0 aliphatic heterocycles. The highest BCUT2D eigenvalue weighted by Gasteiger charge is 2.40. The van der Waals surface area contributed by atoms with Crippen LogP contribution in [0.15, 0.2) is 11.6 Å². The van der Waals surface area contributed by atoms with Crippen LogP contribution < -0.4 is 0 Å². The molecule has 1 aliphatic carbocycles. The van der Waals surface area contributed by atoms with Crippen LogP contribution in [0.2, 0.25) is 0 Å². The topological polar surface area (TPSA) is 18.5 Å². The monoisotopic (exact) mass is 198 g/mol. The van der Waals surface area contributed by atoms with Gasteiger partial charge in [-0.2, -0.15) is 0 Å². The number of methoxy groups -OCH3 is 2. The largest absolute Gasteiger partial charge is 0.384 e. The summed E-state index contributed by atoms with van der Waals surface area (Å²) in [7, 11) is 3.55. The summed E-state index contributed by atoms with van der Waals surface area (Å²) in [5.74, 6) is 0.685. The van der Waals surface area contributed by atoms with E-state index in [1.807, 2.05) is 0 Å². The number of rotatable bonds is 4. The van der Waals surface area contributed by atoms with Gasteiger partial charge >= 0.3 is 0 Å². The van der Waals surface area contributed by atoms with E-state index in [9.17, 15) is 0 Å². The van der Waals surface area contributed by atoms with E-state index >= 15 is 0 Å². The molecule has 0 amide bonds. The fourth-order valence-corrected chi connectivity index (χ4v) is 2.72. The first-order chi connectivity index (χ1) is 6.67. The van der Waals surface area contributed by atoms with Crippen molar-refractivity contribution in [3.05, 3.63) is 11.6 Å². The first-order valence-corrected chi connectivity index (χ1v) is 5.30. The number of ether oxygens (including phenoxy) is 2. The second-order valence-electron chi connectivity index (χ2n) is 4.51. The molecule has 0 aromatic carbocycles. The molecule has 0 radical (unpaired) electrons. The summed E-state index contributed by atoms with van der Waals surface area (Å²) in [6, 6.07) is 0. The highest BCUT2D eigenvalue weighted by Crippen LogP contribution is 2.45. The lowest BCUT2D eigenvalue weighted by Gasteiger charge is -2.27. The molecule has 0 heterocycles. The van der Waals surface area contributed by atoms with Crippen molar-refractivity contribution in [1.29, 1.82) is 0 Å². The van der Waals surface area contributed by atoms with Crippen LogP contribution in [-0.4, -0.2) is 27.4 Å². The minimum absolute atomic E-state index is 0.227. The van der Waals surface area contributed by atoms with Gasteiger partial charge in [-0.25, -0.2) is 0 Å². The van der Waals surface area contributed by atoms with Crippen molar-refractivity contribution in [2.45, 2.75) is 26.7 Å². The lowest BCUT2D eigenvalue weighted by Crippen LogP contribution is -2.28. The SMILES string of the molecule is C/C=C1/CC(COC)(COC)CC1C. The van der Waals surface area contributed by atoms with E-state index in [4.69, 9.17) is 9.47 Å². The summed E-state index contributed by atoms with van der Waals surface area (Å²) in [6.45, 7) is 6.04. The maximum Gasteiger partial charge on any atom is 0.0544 e. The Balaban J connectivity index is 2.71. The van der Waals surface area contributed by atoms with Crippen LogP contribution in [0, 0.1) is 11.3 Å². The Morgan fingerprint density at radius 1 is 1.36 bits per heavy atom. The van der Waals surface area contributed by atoms with Gasteiger partial charge in [0.1, 0.15) is 0 Å². The standard InChI is InChI=1S/C12H22O2/c1-5-11-7-12(8-13-3,9-14-4)6-10(11)2/h5,10H,6-9H2,1-4H3/b11-5-. The van der Waals surface area contributed by atoms with E-state index in [0.29, 0.717) is 5.92 Å². The van der Waals surface area contributed by atoms with Crippen LogP contribution in [0.5, 0.6) is 0 Å². The van der Waals surface area contributed by atoms with Crippen LogP contribution in [0.25, 0.3) is 0 Å². The van der Waals surface area contributed by atoms with Gasteiger partial charge < -0.3 is 9.47 Å². The maximum atomic E-state index is 5.32. The van der Waals surface area contributed by atoms with Crippen LogP contribution >= 0.6 is 0 Å². The minimum Gasteiger partial charge on any atom is -0.384 e. The fraction of sp³-hybridized carbons (Fsp3) is 0.833. The Morgan fingerprint density at radius 3 is 2.29 bits per heavy atom. The number of allylic oxidation sites excluding steroid dienone is 2. The minimum atomic E-state index is 0.227. The van der Waals surface area contributed by atoms with E-state index in [-0.39, 0.29) is 5.41 Å². The zero-order valence-electron chi connectivity index (χ0n) is 9.80. The highest BCUT2D eigenvalue weighted by atomic mass is 16.5. The zero-order valence-corrected chi connectivity index (χ0v) is 9.80. The fourth-order valence-electron chi connectivity index (χ4n) is 2.72.